The number of ether oxygens (including phenoxy) is 1. The van der Waals surface area contributed by atoms with Gasteiger partial charge in [0.05, 0.1) is 10.8 Å². The number of nitrogens with zero attached hydrogens (tertiary/aromatic N) is 1. The molecule has 3 aliphatic rings. The van der Waals surface area contributed by atoms with Crippen LogP contribution in [-0.4, -0.2) is 35.3 Å². The fourth-order valence-corrected chi connectivity index (χ4v) is 4.82. The maximum Gasteiger partial charge on any atom is 0.128 e. The van der Waals surface area contributed by atoms with Crippen molar-refractivity contribution in [1.82, 2.24) is 4.90 Å². The molecule has 0 bridgehead atoms. The minimum Gasteiger partial charge on any atom is -0.485 e. The molecule has 4 heteroatoms. The van der Waals surface area contributed by atoms with Gasteiger partial charge in [-0.3, -0.25) is 0 Å². The highest BCUT2D eigenvalue weighted by Gasteiger charge is 2.35. The van der Waals surface area contributed by atoms with E-state index in [2.05, 4.69) is 18.0 Å². The number of likely N-dealkylation sites (tertiary alicyclic amines) is 1. The lowest BCUT2D eigenvalue weighted by Gasteiger charge is -2.34. The molecule has 0 radical (unpaired) electrons. The summed E-state index contributed by atoms with van der Waals surface area (Å²) in [7, 11) is 1.19. The molecule has 1 aromatic rings. The SMILES string of the molecule is CN1CCC(C2Oc3ccccc3CC3=C2C=CS3=O)CC1. The Balaban J connectivity index is 1.72. The van der Waals surface area contributed by atoms with Crippen LogP contribution in [0.15, 0.2) is 46.2 Å². The predicted octanol–water partition coefficient (Wildman–Crippen LogP) is 2.86. The molecule has 116 valence electrons. The number of para-hydroxylation sites is 1. The van der Waals surface area contributed by atoms with Gasteiger partial charge < -0.3 is 9.64 Å². The van der Waals surface area contributed by atoms with Crippen LogP contribution in [-0.2, 0) is 17.2 Å². The molecule has 4 rings (SSSR count). The zero-order valence-corrected chi connectivity index (χ0v) is 13.6. The van der Waals surface area contributed by atoms with E-state index in [1.54, 1.807) is 0 Å². The Kier molecular flexibility index (Phi) is 3.66. The normalized spacial score (nSPS) is 29.0. The summed E-state index contributed by atoms with van der Waals surface area (Å²) in [6.45, 7) is 2.23. The average Bonchev–Trinajstić information content (AvgIpc) is 2.80. The third-order valence-corrected chi connectivity index (χ3v) is 6.26. The van der Waals surface area contributed by atoms with Crippen LogP contribution in [0.3, 0.4) is 0 Å². The summed E-state index contributed by atoms with van der Waals surface area (Å²) >= 11 is 0. The van der Waals surface area contributed by atoms with E-state index >= 15 is 0 Å². The zero-order chi connectivity index (χ0) is 15.1. The summed E-state index contributed by atoms with van der Waals surface area (Å²) in [4.78, 5) is 3.42. The first kappa shape index (κ1) is 14.2. The van der Waals surface area contributed by atoms with Crippen LogP contribution in [0.25, 0.3) is 0 Å². The Hall–Kier alpha value is -1.39. The van der Waals surface area contributed by atoms with Crippen LogP contribution in [0.2, 0.25) is 0 Å². The molecule has 3 aliphatic heterocycles. The molecule has 1 aromatic carbocycles. The van der Waals surface area contributed by atoms with Gasteiger partial charge in [0.15, 0.2) is 0 Å². The zero-order valence-electron chi connectivity index (χ0n) is 12.8. The van der Waals surface area contributed by atoms with Crippen molar-refractivity contribution >= 4 is 10.8 Å². The van der Waals surface area contributed by atoms with Crippen LogP contribution in [0, 0.1) is 5.92 Å². The van der Waals surface area contributed by atoms with E-state index < -0.39 is 10.8 Å². The van der Waals surface area contributed by atoms with Crippen LogP contribution in [0.4, 0.5) is 0 Å². The highest BCUT2D eigenvalue weighted by atomic mass is 32.2. The standard InChI is InChI=1S/C18H21NO2S/c1-19-9-6-13(7-10-19)18-15-8-11-22(20)17(15)12-14-4-2-3-5-16(14)21-18/h2-5,8,11,13,18H,6-7,9-10,12H2,1H3. The minimum atomic E-state index is -0.981. The molecule has 22 heavy (non-hydrogen) atoms. The Morgan fingerprint density at radius 1 is 1.23 bits per heavy atom. The number of benzene rings is 1. The van der Waals surface area contributed by atoms with Crippen molar-refractivity contribution in [2.75, 3.05) is 20.1 Å². The Morgan fingerprint density at radius 3 is 2.82 bits per heavy atom. The van der Waals surface area contributed by atoms with Gasteiger partial charge in [-0.15, -0.1) is 0 Å². The van der Waals surface area contributed by atoms with Crippen LogP contribution < -0.4 is 4.74 Å². The fourth-order valence-electron chi connectivity index (χ4n) is 3.67. The van der Waals surface area contributed by atoms with Gasteiger partial charge in [-0.25, -0.2) is 4.21 Å². The van der Waals surface area contributed by atoms with E-state index in [4.69, 9.17) is 4.74 Å². The van der Waals surface area contributed by atoms with Crippen molar-refractivity contribution in [3.8, 4) is 5.75 Å². The Morgan fingerprint density at radius 2 is 2.00 bits per heavy atom. The van der Waals surface area contributed by atoms with Crippen molar-refractivity contribution in [1.29, 1.82) is 0 Å². The molecular formula is C18H21NO2S. The lowest BCUT2D eigenvalue weighted by atomic mass is 9.87. The molecule has 2 unspecified atom stereocenters. The largest absolute Gasteiger partial charge is 0.485 e. The van der Waals surface area contributed by atoms with Crippen molar-refractivity contribution < 1.29 is 8.95 Å². The molecular weight excluding hydrogens is 294 g/mol. The minimum absolute atomic E-state index is 0.0510. The second-order valence-electron chi connectivity index (χ2n) is 6.44. The van der Waals surface area contributed by atoms with Gasteiger partial charge in [0, 0.05) is 28.2 Å². The van der Waals surface area contributed by atoms with E-state index in [1.807, 2.05) is 29.7 Å². The van der Waals surface area contributed by atoms with Crippen LogP contribution in [0.1, 0.15) is 18.4 Å². The topological polar surface area (TPSA) is 29.5 Å². The smallest absolute Gasteiger partial charge is 0.128 e. The lowest BCUT2D eigenvalue weighted by molar-refractivity contribution is 0.111. The number of hydrogen-bond donors (Lipinski definition) is 0. The molecule has 3 nitrogen and oxygen atoms in total. The quantitative estimate of drug-likeness (QED) is 0.798. The Labute approximate surface area is 134 Å². The number of rotatable bonds is 1. The van der Waals surface area contributed by atoms with Crippen molar-refractivity contribution in [3.05, 3.63) is 51.8 Å². The average molecular weight is 315 g/mol. The van der Waals surface area contributed by atoms with Gasteiger partial charge >= 0.3 is 0 Å². The molecule has 3 heterocycles. The molecule has 0 aromatic heterocycles. The maximum atomic E-state index is 12.4. The summed E-state index contributed by atoms with van der Waals surface area (Å²) in [6, 6.07) is 8.19. The summed E-state index contributed by atoms with van der Waals surface area (Å²) in [5.41, 5.74) is 2.33. The fraction of sp³-hybridized carbons (Fsp3) is 0.444. The lowest BCUT2D eigenvalue weighted by Crippen LogP contribution is -2.38. The summed E-state index contributed by atoms with van der Waals surface area (Å²) < 4.78 is 18.8. The van der Waals surface area contributed by atoms with E-state index in [0.29, 0.717) is 5.92 Å². The van der Waals surface area contributed by atoms with Gasteiger partial charge in [0.1, 0.15) is 11.9 Å². The Bertz CT molecular complexity index is 671. The van der Waals surface area contributed by atoms with Crippen molar-refractivity contribution in [3.63, 3.8) is 0 Å². The van der Waals surface area contributed by atoms with Gasteiger partial charge in [0.25, 0.3) is 0 Å². The molecule has 2 atom stereocenters. The van der Waals surface area contributed by atoms with Gasteiger partial charge in [-0.2, -0.15) is 0 Å². The molecule has 0 N–H and O–H groups in total. The van der Waals surface area contributed by atoms with E-state index in [-0.39, 0.29) is 6.10 Å². The third kappa shape index (κ3) is 2.44. The first-order chi connectivity index (χ1) is 10.7. The van der Waals surface area contributed by atoms with Gasteiger partial charge in [0.2, 0.25) is 0 Å². The first-order valence-corrected chi connectivity index (χ1v) is 9.18. The number of allylic oxidation sites excluding steroid dienone is 1. The van der Waals surface area contributed by atoms with Gasteiger partial charge in [-0.05, 0) is 50.7 Å². The summed E-state index contributed by atoms with van der Waals surface area (Å²) in [5, 5.41) is 1.82. The molecule has 0 aliphatic carbocycles. The molecule has 1 fully saturated rings. The molecule has 0 amide bonds. The van der Waals surface area contributed by atoms with Crippen LogP contribution >= 0.6 is 0 Å². The van der Waals surface area contributed by atoms with Crippen LogP contribution in [0.5, 0.6) is 5.75 Å². The van der Waals surface area contributed by atoms with Crippen molar-refractivity contribution in [2.45, 2.75) is 25.4 Å². The highest BCUT2D eigenvalue weighted by molar-refractivity contribution is 7.92. The molecule has 1 saturated heterocycles. The molecule has 0 saturated carbocycles. The number of hydrogen-bond acceptors (Lipinski definition) is 3. The van der Waals surface area contributed by atoms with Crippen molar-refractivity contribution in [2.24, 2.45) is 5.92 Å². The third-order valence-electron chi connectivity index (χ3n) is 5.01. The van der Waals surface area contributed by atoms with Gasteiger partial charge in [-0.1, -0.05) is 18.2 Å². The summed E-state index contributed by atoms with van der Waals surface area (Å²) in [5.74, 6) is 1.47. The first-order valence-electron chi connectivity index (χ1n) is 7.97. The maximum absolute atomic E-state index is 12.4. The second kappa shape index (κ2) is 5.67. The number of fused-ring (bicyclic) bond motifs is 1. The second-order valence-corrected chi connectivity index (χ2v) is 7.80. The van der Waals surface area contributed by atoms with E-state index in [0.717, 1.165) is 48.6 Å². The monoisotopic (exact) mass is 315 g/mol. The van der Waals surface area contributed by atoms with E-state index in [9.17, 15) is 4.21 Å². The number of piperidine rings is 1. The molecule has 0 spiro atoms. The van der Waals surface area contributed by atoms with E-state index in [1.165, 1.54) is 5.57 Å². The predicted molar refractivity (Wildman–Crippen MR) is 89.1 cm³/mol. The highest BCUT2D eigenvalue weighted by Crippen LogP contribution is 2.39. The summed E-state index contributed by atoms with van der Waals surface area (Å²) in [6.07, 6.45) is 5.12.